The van der Waals surface area contributed by atoms with Crippen molar-refractivity contribution in [2.75, 3.05) is 23.9 Å². The van der Waals surface area contributed by atoms with Crippen molar-refractivity contribution in [3.63, 3.8) is 0 Å². The SMILES string of the molecule is CSCCCNC(=S)Nc1cccc(-c2nnc3n2CCC3)c1. The smallest absolute Gasteiger partial charge is 0.170 e. The molecule has 5 nitrogen and oxygen atoms in total. The summed E-state index contributed by atoms with van der Waals surface area (Å²) >= 11 is 7.19. The maximum absolute atomic E-state index is 5.35. The molecule has 1 aromatic carbocycles. The summed E-state index contributed by atoms with van der Waals surface area (Å²) in [6, 6.07) is 8.17. The second-order valence-electron chi connectivity index (χ2n) is 5.50. The van der Waals surface area contributed by atoms with E-state index in [4.69, 9.17) is 12.2 Å². The van der Waals surface area contributed by atoms with Gasteiger partial charge < -0.3 is 15.2 Å². The molecule has 1 aromatic heterocycles. The van der Waals surface area contributed by atoms with Gasteiger partial charge in [-0.3, -0.25) is 0 Å². The first-order valence-corrected chi connectivity index (χ1v) is 9.64. The first-order chi connectivity index (χ1) is 11.3. The first-order valence-electron chi connectivity index (χ1n) is 7.84. The number of rotatable bonds is 6. The molecule has 0 radical (unpaired) electrons. The van der Waals surface area contributed by atoms with Crippen molar-refractivity contribution in [3.05, 3.63) is 30.1 Å². The van der Waals surface area contributed by atoms with Gasteiger partial charge in [-0.05, 0) is 49.2 Å². The lowest BCUT2D eigenvalue weighted by Gasteiger charge is -2.11. The Labute approximate surface area is 146 Å². The van der Waals surface area contributed by atoms with Crippen LogP contribution in [0.15, 0.2) is 24.3 Å². The lowest BCUT2D eigenvalue weighted by atomic mass is 10.2. The lowest BCUT2D eigenvalue weighted by Crippen LogP contribution is -2.29. The minimum absolute atomic E-state index is 0.662. The third-order valence-electron chi connectivity index (χ3n) is 3.80. The predicted octanol–water partition coefficient (Wildman–Crippen LogP) is 2.93. The maximum atomic E-state index is 5.35. The summed E-state index contributed by atoms with van der Waals surface area (Å²) in [5.74, 6) is 3.17. The number of benzene rings is 1. The summed E-state index contributed by atoms with van der Waals surface area (Å²) in [5.41, 5.74) is 2.04. The highest BCUT2D eigenvalue weighted by Crippen LogP contribution is 2.25. The monoisotopic (exact) mass is 347 g/mol. The average molecular weight is 348 g/mol. The fraction of sp³-hybridized carbons (Fsp3) is 0.438. The van der Waals surface area contributed by atoms with Crippen LogP contribution in [0.3, 0.4) is 0 Å². The second-order valence-corrected chi connectivity index (χ2v) is 6.90. The van der Waals surface area contributed by atoms with E-state index in [0.717, 1.165) is 61.0 Å². The Morgan fingerprint density at radius 2 is 2.30 bits per heavy atom. The molecule has 0 unspecified atom stereocenters. The van der Waals surface area contributed by atoms with Crippen molar-refractivity contribution in [2.24, 2.45) is 0 Å². The van der Waals surface area contributed by atoms with Crippen LogP contribution in [0.1, 0.15) is 18.7 Å². The summed E-state index contributed by atoms with van der Waals surface area (Å²) < 4.78 is 2.21. The van der Waals surface area contributed by atoms with Gasteiger partial charge in [0.2, 0.25) is 0 Å². The number of fused-ring (bicyclic) bond motifs is 1. The van der Waals surface area contributed by atoms with E-state index in [1.165, 1.54) is 0 Å². The molecule has 7 heteroatoms. The van der Waals surface area contributed by atoms with E-state index >= 15 is 0 Å². The van der Waals surface area contributed by atoms with Gasteiger partial charge in [0.25, 0.3) is 0 Å². The molecule has 0 atom stereocenters. The van der Waals surface area contributed by atoms with E-state index in [1.807, 2.05) is 23.9 Å². The summed E-state index contributed by atoms with van der Waals surface area (Å²) in [4.78, 5) is 0. The molecule has 0 aliphatic carbocycles. The minimum atomic E-state index is 0.662. The van der Waals surface area contributed by atoms with Crippen LogP contribution < -0.4 is 10.6 Å². The number of aromatic nitrogens is 3. The summed E-state index contributed by atoms with van der Waals surface area (Å²) in [6.45, 7) is 1.90. The molecule has 1 aliphatic rings. The van der Waals surface area contributed by atoms with Crippen molar-refractivity contribution in [3.8, 4) is 11.4 Å². The van der Waals surface area contributed by atoms with Crippen LogP contribution in [-0.2, 0) is 13.0 Å². The molecule has 3 rings (SSSR count). The number of hydrogen-bond donors (Lipinski definition) is 2. The molecule has 0 bridgehead atoms. The number of nitrogens with one attached hydrogen (secondary N) is 2. The highest BCUT2D eigenvalue weighted by Gasteiger charge is 2.18. The van der Waals surface area contributed by atoms with Crippen LogP contribution >= 0.6 is 24.0 Å². The Hall–Kier alpha value is -1.60. The Morgan fingerprint density at radius 1 is 1.39 bits per heavy atom. The molecule has 2 aromatic rings. The molecule has 0 spiro atoms. The van der Waals surface area contributed by atoms with Crippen molar-refractivity contribution in [1.29, 1.82) is 0 Å². The molecule has 2 N–H and O–H groups in total. The molecule has 1 aliphatic heterocycles. The lowest BCUT2D eigenvalue weighted by molar-refractivity contribution is 0.748. The standard InChI is InChI=1S/C16H21N5S2/c1-23-10-4-8-17-16(22)18-13-6-2-5-12(11-13)15-20-19-14-7-3-9-21(14)15/h2,5-6,11H,3-4,7-10H2,1H3,(H2,17,18,22). The number of thioether (sulfide) groups is 1. The molecule has 0 saturated heterocycles. The number of nitrogens with zero attached hydrogens (tertiary/aromatic N) is 3. The van der Waals surface area contributed by atoms with Gasteiger partial charge in [-0.25, -0.2) is 0 Å². The highest BCUT2D eigenvalue weighted by atomic mass is 32.2. The van der Waals surface area contributed by atoms with Crippen LogP contribution in [-0.4, -0.2) is 38.4 Å². The molecular weight excluding hydrogens is 326 g/mol. The topological polar surface area (TPSA) is 54.8 Å². The van der Waals surface area contributed by atoms with E-state index in [2.05, 4.69) is 43.8 Å². The number of anilines is 1. The zero-order valence-corrected chi connectivity index (χ0v) is 14.8. The summed E-state index contributed by atoms with van der Waals surface area (Å²) in [7, 11) is 0. The molecular formula is C16H21N5S2. The number of hydrogen-bond acceptors (Lipinski definition) is 4. The van der Waals surface area contributed by atoms with Crippen LogP contribution in [0.25, 0.3) is 11.4 Å². The molecule has 0 fully saturated rings. The van der Waals surface area contributed by atoms with Gasteiger partial charge >= 0.3 is 0 Å². The Balaban J connectivity index is 1.64. The van der Waals surface area contributed by atoms with E-state index in [0.29, 0.717) is 5.11 Å². The third-order valence-corrected chi connectivity index (χ3v) is 4.74. The minimum Gasteiger partial charge on any atom is -0.362 e. The predicted molar refractivity (Wildman–Crippen MR) is 101 cm³/mol. The van der Waals surface area contributed by atoms with Crippen LogP contribution in [0.4, 0.5) is 5.69 Å². The molecule has 0 saturated carbocycles. The Bertz CT molecular complexity index is 683. The highest BCUT2D eigenvalue weighted by molar-refractivity contribution is 7.98. The van der Waals surface area contributed by atoms with Crippen molar-refractivity contribution in [2.45, 2.75) is 25.8 Å². The number of thiocarbonyl (C=S) groups is 1. The van der Waals surface area contributed by atoms with Gasteiger partial charge in [-0.2, -0.15) is 11.8 Å². The van der Waals surface area contributed by atoms with Gasteiger partial charge in [0.05, 0.1) is 0 Å². The summed E-state index contributed by atoms with van der Waals surface area (Å²) in [6.07, 6.45) is 5.40. The normalized spacial score (nSPS) is 12.9. The van der Waals surface area contributed by atoms with E-state index < -0.39 is 0 Å². The Kier molecular flexibility index (Phi) is 5.51. The van der Waals surface area contributed by atoms with Crippen molar-refractivity contribution >= 4 is 34.8 Å². The molecule has 0 amide bonds. The van der Waals surface area contributed by atoms with E-state index in [9.17, 15) is 0 Å². The van der Waals surface area contributed by atoms with Crippen LogP contribution in [0.2, 0.25) is 0 Å². The maximum Gasteiger partial charge on any atom is 0.170 e. The van der Waals surface area contributed by atoms with Gasteiger partial charge in [-0.1, -0.05) is 12.1 Å². The largest absolute Gasteiger partial charge is 0.362 e. The Morgan fingerprint density at radius 3 is 3.17 bits per heavy atom. The molecule has 122 valence electrons. The zero-order chi connectivity index (χ0) is 16.1. The third kappa shape index (κ3) is 4.03. The first kappa shape index (κ1) is 16.3. The van der Waals surface area contributed by atoms with Gasteiger partial charge in [0.15, 0.2) is 10.9 Å². The number of aryl methyl sites for hydroxylation is 1. The quantitative estimate of drug-likeness (QED) is 0.619. The van der Waals surface area contributed by atoms with E-state index in [1.54, 1.807) is 0 Å². The van der Waals surface area contributed by atoms with Gasteiger partial charge in [0.1, 0.15) is 5.82 Å². The van der Waals surface area contributed by atoms with Crippen molar-refractivity contribution < 1.29 is 0 Å². The van der Waals surface area contributed by atoms with Crippen LogP contribution in [0.5, 0.6) is 0 Å². The average Bonchev–Trinajstić information content (AvgIpc) is 3.15. The fourth-order valence-electron chi connectivity index (χ4n) is 2.69. The second kappa shape index (κ2) is 7.79. The fourth-order valence-corrected chi connectivity index (χ4v) is 3.35. The van der Waals surface area contributed by atoms with Gasteiger partial charge in [0, 0.05) is 30.8 Å². The van der Waals surface area contributed by atoms with Crippen LogP contribution in [0, 0.1) is 0 Å². The molecule has 2 heterocycles. The summed E-state index contributed by atoms with van der Waals surface area (Å²) in [5, 5.41) is 15.7. The van der Waals surface area contributed by atoms with E-state index in [-0.39, 0.29) is 0 Å². The van der Waals surface area contributed by atoms with Crippen molar-refractivity contribution in [1.82, 2.24) is 20.1 Å². The van der Waals surface area contributed by atoms with Gasteiger partial charge in [-0.15, -0.1) is 10.2 Å². The zero-order valence-electron chi connectivity index (χ0n) is 13.2. The molecule has 23 heavy (non-hydrogen) atoms.